The Morgan fingerprint density at radius 1 is 1.05 bits per heavy atom. The van der Waals surface area contributed by atoms with Crippen LogP contribution in [0.2, 0.25) is 5.02 Å². The molecule has 0 N–H and O–H groups in total. The largest absolute Gasteiger partial charge is 0.492 e. The van der Waals surface area contributed by atoms with Crippen molar-refractivity contribution in [1.82, 2.24) is 0 Å². The first kappa shape index (κ1) is 14.2. The molecule has 2 aromatic carbocycles. The molecule has 100 valence electrons. The normalized spacial score (nSPS) is 11.4. The molecule has 2 aromatic rings. The van der Waals surface area contributed by atoms with Crippen molar-refractivity contribution < 1.29 is 4.74 Å². The van der Waals surface area contributed by atoms with E-state index in [1.165, 1.54) is 0 Å². The quantitative estimate of drug-likeness (QED) is 0.460. The van der Waals surface area contributed by atoms with Crippen LogP contribution in [0.15, 0.2) is 54.6 Å². The molecule has 0 bridgehead atoms. The maximum atomic E-state index is 9.48. The molecule has 0 amide bonds. The summed E-state index contributed by atoms with van der Waals surface area (Å²) in [5.41, 5.74) is 2.21. The molecule has 0 atom stereocenters. The molecule has 0 unspecified atom stereocenters. The van der Waals surface area contributed by atoms with Crippen molar-refractivity contribution in [3.8, 4) is 6.07 Å². The van der Waals surface area contributed by atoms with E-state index < -0.39 is 0 Å². The second-order valence-corrected chi connectivity index (χ2v) is 4.56. The topological polar surface area (TPSA) is 33.0 Å². The predicted molar refractivity (Wildman–Crippen MR) is 81.9 cm³/mol. The van der Waals surface area contributed by atoms with Gasteiger partial charge in [-0.15, -0.1) is 0 Å². The van der Waals surface area contributed by atoms with Crippen LogP contribution in [0.4, 0.5) is 0 Å². The Labute approximate surface area is 123 Å². The third-order valence-electron chi connectivity index (χ3n) is 2.80. The summed E-state index contributed by atoms with van der Waals surface area (Å²) in [6.45, 7) is 2.39. The molecular formula is C17H14ClNO. The molecule has 0 saturated carbocycles. The van der Waals surface area contributed by atoms with Crippen molar-refractivity contribution in [3.05, 3.63) is 70.7 Å². The molecule has 0 heterocycles. The SMILES string of the molecule is CCOC(=C(C#N)c1ccccc1)c1ccc(Cl)cc1. The average molecular weight is 284 g/mol. The van der Waals surface area contributed by atoms with Gasteiger partial charge in [0.25, 0.3) is 0 Å². The van der Waals surface area contributed by atoms with Gasteiger partial charge in [-0.05, 0) is 36.8 Å². The van der Waals surface area contributed by atoms with Crippen LogP contribution in [0.3, 0.4) is 0 Å². The Kier molecular flexibility index (Phi) is 4.81. The zero-order valence-electron chi connectivity index (χ0n) is 11.1. The van der Waals surface area contributed by atoms with E-state index in [-0.39, 0.29) is 0 Å². The third kappa shape index (κ3) is 3.20. The molecule has 0 aromatic heterocycles. The Balaban J connectivity index is 2.57. The standard InChI is InChI=1S/C17H14ClNO/c1-2-20-17(14-8-10-15(18)11-9-14)16(12-19)13-6-4-3-5-7-13/h3-11H,2H2,1H3. The minimum Gasteiger partial charge on any atom is -0.492 e. The molecule has 2 nitrogen and oxygen atoms in total. The number of benzene rings is 2. The second kappa shape index (κ2) is 6.79. The van der Waals surface area contributed by atoms with Crippen LogP contribution in [0, 0.1) is 11.3 Å². The zero-order valence-corrected chi connectivity index (χ0v) is 11.9. The van der Waals surface area contributed by atoms with E-state index in [0.717, 1.165) is 11.1 Å². The lowest BCUT2D eigenvalue weighted by atomic mass is 10.0. The summed E-state index contributed by atoms with van der Waals surface area (Å²) in [7, 11) is 0. The summed E-state index contributed by atoms with van der Waals surface area (Å²) in [4.78, 5) is 0. The van der Waals surface area contributed by atoms with Gasteiger partial charge in [0.05, 0.1) is 6.61 Å². The first-order chi connectivity index (χ1) is 9.76. The van der Waals surface area contributed by atoms with E-state index in [1.807, 2.05) is 49.4 Å². The van der Waals surface area contributed by atoms with Gasteiger partial charge in [-0.2, -0.15) is 5.26 Å². The number of allylic oxidation sites excluding steroid dienone is 1. The highest BCUT2D eigenvalue weighted by Gasteiger charge is 2.12. The van der Waals surface area contributed by atoms with Crippen LogP contribution in [0.25, 0.3) is 11.3 Å². The zero-order chi connectivity index (χ0) is 14.4. The van der Waals surface area contributed by atoms with Gasteiger partial charge in [0.2, 0.25) is 0 Å². The molecule has 20 heavy (non-hydrogen) atoms. The molecule has 0 radical (unpaired) electrons. The van der Waals surface area contributed by atoms with Gasteiger partial charge >= 0.3 is 0 Å². The summed E-state index contributed by atoms with van der Waals surface area (Å²) in [6, 6.07) is 19.0. The van der Waals surface area contributed by atoms with Crippen LogP contribution in [0.5, 0.6) is 0 Å². The monoisotopic (exact) mass is 283 g/mol. The number of hydrogen-bond acceptors (Lipinski definition) is 2. The number of hydrogen-bond donors (Lipinski definition) is 0. The molecule has 0 saturated heterocycles. The van der Waals surface area contributed by atoms with E-state index in [9.17, 15) is 5.26 Å². The smallest absolute Gasteiger partial charge is 0.144 e. The minimum absolute atomic E-state index is 0.496. The van der Waals surface area contributed by atoms with Crippen molar-refractivity contribution in [2.24, 2.45) is 0 Å². The van der Waals surface area contributed by atoms with Crippen molar-refractivity contribution in [2.45, 2.75) is 6.92 Å². The summed E-state index contributed by atoms with van der Waals surface area (Å²) < 4.78 is 5.69. The van der Waals surface area contributed by atoms with Gasteiger partial charge in [0.1, 0.15) is 17.4 Å². The first-order valence-corrected chi connectivity index (χ1v) is 6.72. The number of nitrogens with zero attached hydrogens (tertiary/aromatic N) is 1. The number of ether oxygens (including phenoxy) is 1. The van der Waals surface area contributed by atoms with Gasteiger partial charge in [-0.1, -0.05) is 41.9 Å². The van der Waals surface area contributed by atoms with Crippen molar-refractivity contribution in [3.63, 3.8) is 0 Å². The molecule has 0 aliphatic carbocycles. The summed E-state index contributed by atoms with van der Waals surface area (Å²) in [5, 5.41) is 10.1. The van der Waals surface area contributed by atoms with E-state index in [0.29, 0.717) is 23.0 Å². The maximum absolute atomic E-state index is 9.48. The summed E-state index contributed by atoms with van der Waals surface area (Å²) in [6.07, 6.45) is 0. The highest BCUT2D eigenvalue weighted by Crippen LogP contribution is 2.27. The average Bonchev–Trinajstić information content (AvgIpc) is 2.49. The van der Waals surface area contributed by atoms with Crippen molar-refractivity contribution in [1.29, 1.82) is 5.26 Å². The minimum atomic E-state index is 0.496. The van der Waals surface area contributed by atoms with Gasteiger partial charge in [-0.3, -0.25) is 0 Å². The van der Waals surface area contributed by atoms with Crippen molar-refractivity contribution in [2.75, 3.05) is 6.61 Å². The summed E-state index contributed by atoms with van der Waals surface area (Å²) >= 11 is 5.90. The molecular weight excluding hydrogens is 270 g/mol. The highest BCUT2D eigenvalue weighted by molar-refractivity contribution is 6.30. The van der Waals surface area contributed by atoms with Crippen LogP contribution in [0.1, 0.15) is 18.1 Å². The molecule has 0 fully saturated rings. The number of halogens is 1. The molecule has 0 aliphatic rings. The number of nitriles is 1. The fraction of sp³-hybridized carbons (Fsp3) is 0.118. The Bertz CT molecular complexity index is 639. The van der Waals surface area contributed by atoms with E-state index in [4.69, 9.17) is 16.3 Å². The first-order valence-electron chi connectivity index (χ1n) is 6.34. The van der Waals surface area contributed by atoms with Crippen LogP contribution >= 0.6 is 11.6 Å². The fourth-order valence-corrected chi connectivity index (χ4v) is 2.02. The lowest BCUT2D eigenvalue weighted by Gasteiger charge is -2.12. The van der Waals surface area contributed by atoms with Gasteiger partial charge in [-0.25, -0.2) is 0 Å². The van der Waals surface area contributed by atoms with E-state index >= 15 is 0 Å². The van der Waals surface area contributed by atoms with Gasteiger partial charge < -0.3 is 4.74 Å². The predicted octanol–water partition coefficient (Wildman–Crippen LogP) is 4.77. The highest BCUT2D eigenvalue weighted by atomic mass is 35.5. The van der Waals surface area contributed by atoms with Gasteiger partial charge in [0, 0.05) is 10.6 Å². The Morgan fingerprint density at radius 3 is 2.25 bits per heavy atom. The Morgan fingerprint density at radius 2 is 1.70 bits per heavy atom. The third-order valence-corrected chi connectivity index (χ3v) is 3.05. The van der Waals surface area contributed by atoms with E-state index in [2.05, 4.69) is 6.07 Å². The van der Waals surface area contributed by atoms with Crippen LogP contribution in [-0.2, 0) is 4.74 Å². The fourth-order valence-electron chi connectivity index (χ4n) is 1.90. The number of rotatable bonds is 4. The molecule has 0 spiro atoms. The molecule has 3 heteroatoms. The van der Waals surface area contributed by atoms with Crippen LogP contribution in [-0.4, -0.2) is 6.61 Å². The second-order valence-electron chi connectivity index (χ2n) is 4.12. The van der Waals surface area contributed by atoms with E-state index in [1.54, 1.807) is 12.1 Å². The van der Waals surface area contributed by atoms with Crippen molar-refractivity contribution >= 4 is 22.9 Å². The lowest BCUT2D eigenvalue weighted by Crippen LogP contribution is -1.96. The molecule has 0 aliphatic heterocycles. The van der Waals surface area contributed by atoms with Crippen LogP contribution < -0.4 is 0 Å². The lowest BCUT2D eigenvalue weighted by molar-refractivity contribution is 0.299. The van der Waals surface area contributed by atoms with Gasteiger partial charge in [0.15, 0.2) is 0 Å². The summed E-state index contributed by atoms with van der Waals surface area (Å²) in [5.74, 6) is 0.581. The Hall–Kier alpha value is -2.24. The maximum Gasteiger partial charge on any atom is 0.144 e. The molecule has 2 rings (SSSR count).